The number of nitrogens with zero attached hydrogens (tertiary/aromatic N) is 12. The minimum atomic E-state index is -3.94. The van der Waals surface area contributed by atoms with Gasteiger partial charge in [0.2, 0.25) is 37.8 Å². The van der Waals surface area contributed by atoms with Crippen LogP contribution in [-0.4, -0.2) is 114 Å². The minimum Gasteiger partial charge on any atom is -1.00 e. The second-order valence-corrected chi connectivity index (χ2v) is 20.5. The Kier molecular flexibility index (Phi) is 26.9. The van der Waals surface area contributed by atoms with E-state index < -0.39 is 77.6 Å². The summed E-state index contributed by atoms with van der Waals surface area (Å²) in [7, 11) is -5.45. The van der Waals surface area contributed by atoms with E-state index >= 15 is 0 Å². The molecule has 0 saturated heterocycles. The van der Waals surface area contributed by atoms with Crippen molar-refractivity contribution in [2.75, 3.05) is 25.6 Å². The van der Waals surface area contributed by atoms with E-state index in [9.17, 15) is 43.2 Å². The zero-order chi connectivity index (χ0) is 56.9. The summed E-state index contributed by atoms with van der Waals surface area (Å²) < 4.78 is 144. The van der Waals surface area contributed by atoms with Crippen LogP contribution in [0.25, 0.3) is 23.8 Å². The zero-order valence-electron chi connectivity index (χ0n) is 43.3. The number of rotatable bonds is 11. The van der Waals surface area contributed by atoms with Crippen molar-refractivity contribution in [2.45, 2.75) is 38.1 Å². The first-order chi connectivity index (χ1) is 36.3. The van der Waals surface area contributed by atoms with Crippen LogP contribution in [0.1, 0.15) is 60.6 Å². The Labute approximate surface area is 571 Å². The Balaban J connectivity index is 0.000000444. The van der Waals surface area contributed by atoms with Crippen LogP contribution in [0, 0.1) is 23.3 Å². The number of nitrogens with two attached hydrogens (primary N) is 2. The molecule has 2 atom stereocenters. The molecule has 8 rings (SSSR count). The molecule has 0 amide bonds. The molecule has 0 fully saturated rings. The van der Waals surface area contributed by atoms with Crippen molar-refractivity contribution in [3.63, 3.8) is 0 Å². The molecular formula is C45H43ClCs2F6N14O9S2. The number of hydrogen-bond acceptors (Lipinski definition) is 21. The van der Waals surface area contributed by atoms with Crippen molar-refractivity contribution in [3.8, 4) is 5.88 Å². The van der Waals surface area contributed by atoms with Crippen LogP contribution in [-0.2, 0) is 54.0 Å². The van der Waals surface area contributed by atoms with Crippen molar-refractivity contribution in [3.05, 3.63) is 160 Å². The molecule has 410 valence electrons. The molecule has 2 aromatic carbocycles. The van der Waals surface area contributed by atoms with E-state index in [4.69, 9.17) is 43.0 Å². The molecule has 4 aromatic heterocycles. The number of carbonyl (C=O) groups excluding carboxylic acids is 1. The molecule has 0 spiro atoms. The van der Waals surface area contributed by atoms with Crippen LogP contribution in [0.4, 0.5) is 26.3 Å². The predicted molar refractivity (Wildman–Crippen MR) is 263 cm³/mol. The van der Waals surface area contributed by atoms with Gasteiger partial charge in [-0.3, -0.25) is 4.79 Å². The van der Waals surface area contributed by atoms with Crippen molar-refractivity contribution in [1.82, 2.24) is 48.5 Å². The van der Waals surface area contributed by atoms with Crippen LogP contribution in [0.2, 0.25) is 5.15 Å². The molecule has 0 unspecified atom stereocenters. The van der Waals surface area contributed by atoms with Gasteiger partial charge in [-0.05, 0) is 73.5 Å². The number of hydrogen-bond donors (Lipinski definition) is 3. The first-order valence-corrected chi connectivity index (χ1v) is 25.0. The fourth-order valence-corrected chi connectivity index (χ4v) is 9.69. The van der Waals surface area contributed by atoms with Gasteiger partial charge in [0, 0.05) is 50.0 Å². The summed E-state index contributed by atoms with van der Waals surface area (Å²) in [6.07, 6.45) is 12.6. The number of benzene rings is 2. The van der Waals surface area contributed by atoms with E-state index in [1.165, 1.54) is 34.1 Å². The van der Waals surface area contributed by atoms with Crippen LogP contribution < -0.4 is 159 Å². The van der Waals surface area contributed by atoms with E-state index in [1.807, 2.05) is 0 Å². The average molecular weight is 1400 g/mol. The molecule has 34 heteroatoms. The summed E-state index contributed by atoms with van der Waals surface area (Å²) in [6.45, 7) is 2.37. The Morgan fingerprint density at radius 2 is 1.11 bits per heavy atom. The maximum Gasteiger partial charge on any atom is 1.00 e. The largest absolute Gasteiger partial charge is 1.00 e. The number of aromatic nitrogens is 8. The fraction of sp³-hybridized carbons (Fsp3) is 0.222. The van der Waals surface area contributed by atoms with E-state index in [1.54, 1.807) is 36.9 Å². The van der Waals surface area contributed by atoms with Gasteiger partial charge >= 0.3 is 138 Å². The minimum absolute atomic E-state index is 0. The number of sulfonamides is 2. The summed E-state index contributed by atoms with van der Waals surface area (Å²) in [5, 5.41) is 16.9. The first-order valence-electron chi connectivity index (χ1n) is 21.4. The Hall–Kier alpha value is -4.16. The maximum absolute atomic E-state index is 14.9. The van der Waals surface area contributed by atoms with Gasteiger partial charge in [0.05, 0.1) is 36.3 Å². The number of guanidine groups is 2. The SMILES string of the molecule is CN1C(N)=N[C@](C)(c2cc(/C=C(\F)c3cnc(Cl)cn3)cc(F)c2F)CS1(=O)=O.CN1C(N)=N[C@](C)(c2cc(/C=C(\F)c3cnc(OCc4ncccn4)cn3)cc(F)c2F)CS1(=O)=O.O=CO[O-].OCc1ncccn1.[Cs+].[Cs+].[H-]. The van der Waals surface area contributed by atoms with Crippen LogP contribution >= 0.6 is 11.6 Å². The third kappa shape index (κ3) is 18.9. The Morgan fingerprint density at radius 3 is 1.46 bits per heavy atom. The molecule has 6 aromatic rings. The monoisotopic (exact) mass is 1400 g/mol. The predicted octanol–water partition coefficient (Wildman–Crippen LogP) is -2.40. The fourth-order valence-electron chi connectivity index (χ4n) is 6.69. The quantitative estimate of drug-likeness (QED) is 0.0527. The Bertz CT molecular complexity index is 3440. The van der Waals surface area contributed by atoms with E-state index in [2.05, 4.69) is 54.7 Å². The van der Waals surface area contributed by atoms with Gasteiger partial charge in [-0.15, -0.1) is 0 Å². The van der Waals surface area contributed by atoms with Gasteiger partial charge in [-0.2, -0.15) is 0 Å². The number of aliphatic hydroxyl groups excluding tert-OH is 1. The van der Waals surface area contributed by atoms with Crippen LogP contribution in [0.3, 0.4) is 0 Å². The molecule has 79 heavy (non-hydrogen) atoms. The number of aliphatic hydroxyl groups is 1. The second-order valence-electron chi connectivity index (χ2n) is 16.1. The third-order valence-corrected chi connectivity index (χ3v) is 14.6. The van der Waals surface area contributed by atoms with Crippen LogP contribution in [0.5, 0.6) is 5.88 Å². The van der Waals surface area contributed by atoms with Crippen molar-refractivity contribution in [2.24, 2.45) is 21.5 Å². The molecule has 2 aliphatic rings. The number of ether oxygens (including phenoxy) is 1. The normalized spacial score (nSPS) is 18.1. The van der Waals surface area contributed by atoms with Gasteiger partial charge in [-0.1, -0.05) is 11.6 Å². The van der Waals surface area contributed by atoms with E-state index in [0.717, 1.165) is 63.6 Å². The molecule has 5 N–H and O–H groups in total. The zero-order valence-corrected chi connectivity index (χ0v) is 57.3. The number of carbonyl (C=O) groups is 1. The van der Waals surface area contributed by atoms with E-state index in [0.29, 0.717) is 11.6 Å². The van der Waals surface area contributed by atoms with Crippen molar-refractivity contribution >= 4 is 73.8 Å². The first kappa shape index (κ1) is 69.1. The molecule has 6 heterocycles. The van der Waals surface area contributed by atoms with Gasteiger partial charge in [0.15, 0.2) is 46.6 Å². The summed E-state index contributed by atoms with van der Waals surface area (Å²) in [6, 6.07) is 7.12. The molecule has 0 aliphatic carbocycles. The second kappa shape index (κ2) is 30.8. The molecule has 23 nitrogen and oxygen atoms in total. The molecule has 0 saturated carbocycles. The topological polar surface area (TPSA) is 333 Å². The average Bonchev–Trinajstić information content (AvgIpc) is 3.39. The summed E-state index contributed by atoms with van der Waals surface area (Å²) >= 11 is 5.60. The third-order valence-electron chi connectivity index (χ3n) is 10.5. The summed E-state index contributed by atoms with van der Waals surface area (Å²) in [5.41, 5.74) is 6.61. The van der Waals surface area contributed by atoms with Crippen LogP contribution in [0.15, 0.2) is 96.0 Å². The van der Waals surface area contributed by atoms with Gasteiger partial charge in [-0.25, -0.2) is 102 Å². The van der Waals surface area contributed by atoms with E-state index in [-0.39, 0.29) is 215 Å². The number of halogens is 7. The molecule has 0 bridgehead atoms. The number of aliphatic imine (C=N–C) groups is 2. The molecule has 2 aliphatic heterocycles. The van der Waals surface area contributed by atoms with Gasteiger partial charge in [0.1, 0.15) is 40.8 Å². The van der Waals surface area contributed by atoms with Crippen molar-refractivity contribution in [1.29, 1.82) is 0 Å². The maximum atomic E-state index is 14.9. The standard InChI is InChI=1S/C22H20F3N7O3S.C17H15ClF3N5O2S.C5H6N2O.CH2O3.2Cs.H/c1-22(12-36(33,34)32(2)21(26)31-22)14-6-13(8-16(24)20(14)25)7-15(23)17-9-30-19(10-29-17)35-11-18-27-4-3-5-28-18;1-17(8-29(27,28)26(2)16(22)25-17)10-3-9(5-12(20)15(10)21)4-11(19)13-6-24-14(18)7-23-13;8-4-5-6-2-1-3-7-5;2-1-4-3;;;/h3-10H,11-12H2,1-2H3,(H2,26,31);3-7H,8H2,1-2H3,(H2,22,25);1-3,8H,4H2;1,3H;;;/q;;;;2*+1;-1/p-1/b15-7-;11-4-;;;;;/t22-;17-;;;;;/m00...../s1. The smallest absolute Gasteiger partial charge is 1.00 e. The Morgan fingerprint density at radius 1 is 0.709 bits per heavy atom. The van der Waals surface area contributed by atoms with Gasteiger partial charge < -0.3 is 32.9 Å². The summed E-state index contributed by atoms with van der Waals surface area (Å²) in [5.74, 6) is -8.08. The molecule has 0 radical (unpaired) electrons. The van der Waals surface area contributed by atoms with Gasteiger partial charge in [0.25, 0.3) is 6.47 Å². The van der Waals surface area contributed by atoms with Crippen molar-refractivity contribution < 1.29 is 207 Å². The molecular weight excluding hydrogens is 1360 g/mol. The summed E-state index contributed by atoms with van der Waals surface area (Å²) in [4.78, 5) is 50.2.